The Labute approximate surface area is 176 Å². The van der Waals surface area contributed by atoms with E-state index in [2.05, 4.69) is 5.32 Å². The van der Waals surface area contributed by atoms with Gasteiger partial charge >= 0.3 is 6.03 Å². The van der Waals surface area contributed by atoms with E-state index >= 15 is 0 Å². The fourth-order valence-corrected chi connectivity index (χ4v) is 3.95. The van der Waals surface area contributed by atoms with E-state index in [0.29, 0.717) is 32.0 Å². The molecule has 0 bridgehead atoms. The predicted octanol–water partition coefficient (Wildman–Crippen LogP) is 3.23. The summed E-state index contributed by atoms with van der Waals surface area (Å²) >= 11 is 0. The third-order valence-electron chi connectivity index (χ3n) is 5.50. The number of hydrogen-bond donors (Lipinski definition) is 1. The van der Waals surface area contributed by atoms with Gasteiger partial charge in [0, 0.05) is 25.8 Å². The van der Waals surface area contributed by atoms with Crippen molar-refractivity contribution in [3.63, 3.8) is 0 Å². The van der Waals surface area contributed by atoms with E-state index in [-0.39, 0.29) is 24.0 Å². The molecule has 0 spiro atoms. The van der Waals surface area contributed by atoms with Crippen molar-refractivity contribution in [3.05, 3.63) is 54.6 Å². The number of hydrogen-bond acceptors (Lipinski definition) is 4. The highest BCUT2D eigenvalue weighted by Gasteiger charge is 2.32. The van der Waals surface area contributed by atoms with Crippen LogP contribution in [-0.4, -0.2) is 61.1 Å². The molecule has 0 saturated carbocycles. The molecule has 1 saturated heterocycles. The number of likely N-dealkylation sites (tertiary alicyclic amines) is 1. The summed E-state index contributed by atoms with van der Waals surface area (Å²) in [5.74, 6) is 1.27. The highest BCUT2D eigenvalue weighted by Crippen LogP contribution is 2.31. The van der Waals surface area contributed by atoms with Crippen LogP contribution in [0.25, 0.3) is 0 Å². The zero-order valence-corrected chi connectivity index (χ0v) is 17.1. The van der Waals surface area contributed by atoms with Gasteiger partial charge in [0.1, 0.15) is 6.61 Å². The van der Waals surface area contributed by atoms with Gasteiger partial charge in [-0.05, 0) is 37.1 Å². The fourth-order valence-electron chi connectivity index (χ4n) is 3.95. The number of fused-ring (bicyclic) bond motifs is 1. The van der Waals surface area contributed by atoms with Gasteiger partial charge in [-0.2, -0.15) is 0 Å². The van der Waals surface area contributed by atoms with Crippen LogP contribution in [0.4, 0.5) is 10.5 Å². The Hall–Kier alpha value is -3.22. The monoisotopic (exact) mass is 409 g/mol. The molecule has 2 atom stereocenters. The summed E-state index contributed by atoms with van der Waals surface area (Å²) in [7, 11) is 1.79. The van der Waals surface area contributed by atoms with Gasteiger partial charge < -0.3 is 24.6 Å². The fraction of sp³-hybridized carbons (Fsp3) is 0.391. The number of para-hydroxylation sites is 3. The molecule has 30 heavy (non-hydrogen) atoms. The average Bonchev–Trinajstić information content (AvgIpc) is 2.79. The van der Waals surface area contributed by atoms with E-state index in [9.17, 15) is 9.59 Å². The second-order valence-corrected chi connectivity index (χ2v) is 7.80. The molecule has 0 aromatic heterocycles. The number of ether oxygens (including phenoxy) is 2. The Balaban J connectivity index is 1.31. The summed E-state index contributed by atoms with van der Waals surface area (Å²) in [4.78, 5) is 29.0. The Morgan fingerprint density at radius 2 is 1.83 bits per heavy atom. The standard InChI is InChI=1S/C23H27N3O4/c1-25(15-19-16-29-20-11-5-6-12-21(20)30-19)22(27)17-8-7-13-26(14-17)23(28)24-18-9-3-2-4-10-18/h2-6,9-12,17,19H,7-8,13-16H2,1H3,(H,24,28)/t17-,19-/m0/s1. The molecule has 7 heteroatoms. The Morgan fingerprint density at radius 1 is 1.10 bits per heavy atom. The van der Waals surface area contributed by atoms with Crippen LogP contribution in [-0.2, 0) is 4.79 Å². The van der Waals surface area contributed by atoms with Crippen molar-refractivity contribution in [2.24, 2.45) is 5.92 Å². The Bertz CT molecular complexity index is 889. The average molecular weight is 409 g/mol. The predicted molar refractivity (Wildman–Crippen MR) is 114 cm³/mol. The number of anilines is 1. The van der Waals surface area contributed by atoms with Crippen molar-refractivity contribution < 1.29 is 19.1 Å². The van der Waals surface area contributed by atoms with Crippen LogP contribution in [0.5, 0.6) is 11.5 Å². The van der Waals surface area contributed by atoms with Crippen molar-refractivity contribution in [1.82, 2.24) is 9.80 Å². The molecule has 2 aliphatic heterocycles. The zero-order chi connectivity index (χ0) is 20.9. The Kier molecular flexibility index (Phi) is 6.07. The minimum atomic E-state index is -0.213. The first-order chi connectivity index (χ1) is 14.6. The molecule has 2 aliphatic rings. The van der Waals surface area contributed by atoms with Gasteiger partial charge in [-0.25, -0.2) is 4.79 Å². The zero-order valence-electron chi connectivity index (χ0n) is 17.1. The van der Waals surface area contributed by atoms with Crippen molar-refractivity contribution in [1.29, 1.82) is 0 Å². The number of carbonyl (C=O) groups excluding carboxylic acids is 2. The molecule has 1 fully saturated rings. The van der Waals surface area contributed by atoms with Crippen LogP contribution in [0, 0.1) is 5.92 Å². The second kappa shape index (κ2) is 9.07. The summed E-state index contributed by atoms with van der Waals surface area (Å²) in [6.45, 7) is 1.93. The second-order valence-electron chi connectivity index (χ2n) is 7.80. The molecular weight excluding hydrogens is 382 g/mol. The molecule has 0 aliphatic carbocycles. The summed E-state index contributed by atoms with van der Waals surface area (Å²) in [5.41, 5.74) is 0.753. The van der Waals surface area contributed by atoms with Crippen LogP contribution in [0.15, 0.2) is 54.6 Å². The van der Waals surface area contributed by atoms with Crippen molar-refractivity contribution in [2.45, 2.75) is 18.9 Å². The summed E-state index contributed by atoms with van der Waals surface area (Å²) < 4.78 is 11.7. The number of carbonyl (C=O) groups is 2. The molecule has 0 radical (unpaired) electrons. The van der Waals surface area contributed by atoms with Crippen LogP contribution < -0.4 is 14.8 Å². The van der Waals surface area contributed by atoms with Crippen molar-refractivity contribution in [2.75, 3.05) is 38.6 Å². The van der Waals surface area contributed by atoms with Crippen LogP contribution in [0.2, 0.25) is 0 Å². The lowest BCUT2D eigenvalue weighted by atomic mass is 9.96. The van der Waals surface area contributed by atoms with E-state index in [1.807, 2.05) is 54.6 Å². The lowest BCUT2D eigenvalue weighted by Crippen LogP contribution is -2.49. The maximum absolute atomic E-state index is 13.0. The summed E-state index contributed by atoms with van der Waals surface area (Å²) in [6.07, 6.45) is 1.38. The minimum absolute atomic E-state index is 0.0367. The maximum Gasteiger partial charge on any atom is 0.321 e. The minimum Gasteiger partial charge on any atom is -0.486 e. The molecule has 2 heterocycles. The van der Waals surface area contributed by atoms with Gasteiger partial charge in [-0.3, -0.25) is 4.79 Å². The van der Waals surface area contributed by atoms with Gasteiger partial charge in [0.05, 0.1) is 12.5 Å². The van der Waals surface area contributed by atoms with Gasteiger partial charge in [0.15, 0.2) is 17.6 Å². The number of rotatable bonds is 4. The number of piperidine rings is 1. The van der Waals surface area contributed by atoms with E-state index < -0.39 is 0 Å². The normalized spacial score (nSPS) is 20.4. The van der Waals surface area contributed by atoms with E-state index in [1.165, 1.54) is 0 Å². The maximum atomic E-state index is 13.0. The molecule has 4 rings (SSSR count). The number of amides is 3. The third-order valence-corrected chi connectivity index (χ3v) is 5.50. The molecule has 0 unspecified atom stereocenters. The quantitative estimate of drug-likeness (QED) is 0.842. The smallest absolute Gasteiger partial charge is 0.321 e. The highest BCUT2D eigenvalue weighted by molar-refractivity contribution is 5.90. The first kappa shape index (κ1) is 20.1. The van der Waals surface area contributed by atoms with E-state index in [0.717, 1.165) is 24.3 Å². The number of nitrogens with zero attached hydrogens (tertiary/aromatic N) is 2. The molecular formula is C23H27N3O4. The number of likely N-dealkylation sites (N-methyl/N-ethyl adjacent to an activating group) is 1. The van der Waals surface area contributed by atoms with Crippen molar-refractivity contribution >= 4 is 17.6 Å². The lowest BCUT2D eigenvalue weighted by Gasteiger charge is -2.35. The number of benzene rings is 2. The topological polar surface area (TPSA) is 71.1 Å². The number of urea groups is 1. The summed E-state index contributed by atoms with van der Waals surface area (Å²) in [6, 6.07) is 16.7. The first-order valence-corrected chi connectivity index (χ1v) is 10.3. The van der Waals surface area contributed by atoms with Crippen LogP contribution in [0.1, 0.15) is 12.8 Å². The molecule has 3 amide bonds. The lowest BCUT2D eigenvalue weighted by molar-refractivity contribution is -0.137. The van der Waals surface area contributed by atoms with Crippen molar-refractivity contribution in [3.8, 4) is 11.5 Å². The van der Waals surface area contributed by atoms with Gasteiger partial charge in [-0.15, -0.1) is 0 Å². The van der Waals surface area contributed by atoms with Gasteiger partial charge in [-0.1, -0.05) is 30.3 Å². The van der Waals surface area contributed by atoms with Crippen LogP contribution >= 0.6 is 0 Å². The molecule has 1 N–H and O–H groups in total. The van der Waals surface area contributed by atoms with E-state index in [1.54, 1.807) is 16.8 Å². The molecule has 7 nitrogen and oxygen atoms in total. The third kappa shape index (κ3) is 4.67. The molecule has 158 valence electrons. The van der Waals surface area contributed by atoms with Gasteiger partial charge in [0.25, 0.3) is 0 Å². The summed E-state index contributed by atoms with van der Waals surface area (Å²) in [5, 5.41) is 2.90. The highest BCUT2D eigenvalue weighted by atomic mass is 16.6. The largest absolute Gasteiger partial charge is 0.486 e. The number of nitrogens with one attached hydrogen (secondary N) is 1. The van der Waals surface area contributed by atoms with Gasteiger partial charge in [0.2, 0.25) is 5.91 Å². The first-order valence-electron chi connectivity index (χ1n) is 10.3. The SMILES string of the molecule is CN(C[C@H]1COc2ccccc2O1)C(=O)[C@H]1CCCN(C(=O)Nc2ccccc2)C1. The van der Waals surface area contributed by atoms with E-state index in [4.69, 9.17) is 9.47 Å². The molecule has 2 aromatic carbocycles. The van der Waals surface area contributed by atoms with Crippen LogP contribution in [0.3, 0.4) is 0 Å². The Morgan fingerprint density at radius 3 is 2.63 bits per heavy atom. The molecule has 2 aromatic rings.